The van der Waals surface area contributed by atoms with Gasteiger partial charge in [-0.25, -0.2) is 0 Å². The lowest BCUT2D eigenvalue weighted by molar-refractivity contribution is 0.980. The summed E-state index contributed by atoms with van der Waals surface area (Å²) in [6, 6.07) is 0. The maximum absolute atomic E-state index is 9.85. The average Bonchev–Trinajstić information content (AvgIpc) is 1.85. The first kappa shape index (κ1) is 6.53. The van der Waals surface area contributed by atoms with Gasteiger partial charge in [0.1, 0.15) is 5.82 Å². The highest BCUT2D eigenvalue weighted by Crippen LogP contribution is 2.03. The molecule has 0 aliphatic rings. The number of nitroso groups, excluding NO2 is 1. The fourth-order valence-electron chi connectivity index (χ4n) is 0.529. The Morgan fingerprint density at radius 2 is 2.10 bits per heavy atom. The van der Waals surface area contributed by atoms with Crippen LogP contribution in [0.2, 0.25) is 0 Å². The minimum Gasteiger partial charge on any atom is -0.368 e. The number of anilines is 1. The van der Waals surface area contributed by atoms with E-state index in [0.29, 0.717) is 5.82 Å². The van der Waals surface area contributed by atoms with E-state index in [4.69, 9.17) is 5.73 Å². The van der Waals surface area contributed by atoms with E-state index in [1.807, 2.05) is 0 Å². The quantitative estimate of drug-likeness (QED) is 0.559. The summed E-state index contributed by atoms with van der Waals surface area (Å²) >= 11 is 0. The molecule has 0 aliphatic carbocycles. The predicted molar refractivity (Wildman–Crippen MR) is 34.4 cm³/mol. The van der Waals surface area contributed by atoms with E-state index in [9.17, 15) is 4.91 Å². The van der Waals surface area contributed by atoms with Gasteiger partial charge in [-0.3, -0.25) is 0 Å². The van der Waals surface area contributed by atoms with Crippen LogP contribution in [0.5, 0.6) is 0 Å². The Hall–Kier alpha value is -1.59. The van der Waals surface area contributed by atoms with Crippen molar-refractivity contribution in [1.82, 2.24) is 15.0 Å². The molecule has 52 valence electrons. The van der Waals surface area contributed by atoms with Crippen molar-refractivity contribution in [2.75, 3.05) is 5.73 Å². The Kier molecular flexibility index (Phi) is 1.53. The number of nitrogen functional groups attached to an aromatic ring is 1. The highest BCUT2D eigenvalue weighted by Gasteiger charge is 1.98. The van der Waals surface area contributed by atoms with Gasteiger partial charge in [0.05, 0.1) is 0 Å². The van der Waals surface area contributed by atoms with Gasteiger partial charge in [-0.2, -0.15) is 15.0 Å². The van der Waals surface area contributed by atoms with E-state index in [0.717, 1.165) is 0 Å². The summed E-state index contributed by atoms with van der Waals surface area (Å²) in [6.07, 6.45) is 0. The molecule has 0 saturated carbocycles. The summed E-state index contributed by atoms with van der Waals surface area (Å²) in [5, 5.41) is 2.50. The van der Waals surface area contributed by atoms with Crippen LogP contribution < -0.4 is 5.73 Å². The van der Waals surface area contributed by atoms with Crippen molar-refractivity contribution in [2.45, 2.75) is 6.92 Å². The zero-order valence-corrected chi connectivity index (χ0v) is 5.27. The molecular formula is C4H5N5O. The molecule has 0 radical (unpaired) electrons. The summed E-state index contributed by atoms with van der Waals surface area (Å²) in [5.74, 6) is 0.231. The van der Waals surface area contributed by atoms with Crippen molar-refractivity contribution in [2.24, 2.45) is 5.18 Å². The number of aromatic nitrogens is 3. The molecule has 0 amide bonds. The molecular weight excluding hydrogens is 134 g/mol. The van der Waals surface area contributed by atoms with Crippen LogP contribution in [0, 0.1) is 11.8 Å². The molecule has 6 heteroatoms. The van der Waals surface area contributed by atoms with Crippen LogP contribution in [0.3, 0.4) is 0 Å². The standard InChI is InChI=1S/C4H5N5O/c1-2-6-3(5)8-4(7-2)9-10/h1H3,(H2,5,6,7,8). The number of nitrogens with zero attached hydrogens (tertiary/aromatic N) is 4. The smallest absolute Gasteiger partial charge is 0.296 e. The third-order valence-corrected chi connectivity index (χ3v) is 0.834. The number of nitrogens with two attached hydrogens (primary N) is 1. The Labute approximate surface area is 56.5 Å². The van der Waals surface area contributed by atoms with Crippen molar-refractivity contribution in [3.8, 4) is 0 Å². The molecule has 1 heterocycles. The van der Waals surface area contributed by atoms with Gasteiger partial charge in [-0.15, -0.1) is 4.91 Å². The Morgan fingerprint density at radius 1 is 1.40 bits per heavy atom. The second kappa shape index (κ2) is 2.34. The Morgan fingerprint density at radius 3 is 2.60 bits per heavy atom. The van der Waals surface area contributed by atoms with Gasteiger partial charge in [0.15, 0.2) is 0 Å². The zero-order valence-electron chi connectivity index (χ0n) is 5.27. The zero-order chi connectivity index (χ0) is 7.56. The summed E-state index contributed by atoms with van der Waals surface area (Å²) in [4.78, 5) is 20.5. The third kappa shape index (κ3) is 1.22. The van der Waals surface area contributed by atoms with Gasteiger partial charge in [-0.1, -0.05) is 0 Å². The second-order valence-corrected chi connectivity index (χ2v) is 1.63. The fraction of sp³-hybridized carbons (Fsp3) is 0.250. The highest BCUT2D eigenvalue weighted by molar-refractivity contribution is 5.24. The molecule has 0 unspecified atom stereocenters. The first-order chi connectivity index (χ1) is 4.72. The van der Waals surface area contributed by atoms with Crippen molar-refractivity contribution in [1.29, 1.82) is 0 Å². The lowest BCUT2D eigenvalue weighted by atomic mass is 10.7. The number of hydrogen-bond acceptors (Lipinski definition) is 6. The molecule has 0 fully saturated rings. The van der Waals surface area contributed by atoms with E-state index >= 15 is 0 Å². The van der Waals surface area contributed by atoms with Gasteiger partial charge < -0.3 is 5.73 Å². The highest BCUT2D eigenvalue weighted by atomic mass is 16.3. The fourth-order valence-corrected chi connectivity index (χ4v) is 0.529. The van der Waals surface area contributed by atoms with Crippen LogP contribution >= 0.6 is 0 Å². The molecule has 10 heavy (non-hydrogen) atoms. The molecule has 0 spiro atoms. The molecule has 0 atom stereocenters. The number of aryl methyl sites for hydroxylation is 1. The molecule has 2 N–H and O–H groups in total. The van der Waals surface area contributed by atoms with Crippen molar-refractivity contribution < 1.29 is 0 Å². The third-order valence-electron chi connectivity index (χ3n) is 0.834. The first-order valence-corrected chi connectivity index (χ1v) is 2.54. The largest absolute Gasteiger partial charge is 0.368 e. The van der Waals surface area contributed by atoms with Crippen molar-refractivity contribution in [3.05, 3.63) is 10.7 Å². The maximum atomic E-state index is 9.85. The lowest BCUT2D eigenvalue weighted by Gasteiger charge is -1.92. The Balaban J connectivity index is 3.18. The average molecular weight is 139 g/mol. The topological polar surface area (TPSA) is 94.1 Å². The molecule has 1 aromatic rings. The molecule has 0 bridgehead atoms. The number of hydrogen-bond donors (Lipinski definition) is 1. The lowest BCUT2D eigenvalue weighted by Crippen LogP contribution is -1.98. The van der Waals surface area contributed by atoms with Crippen molar-refractivity contribution >= 4 is 11.9 Å². The summed E-state index contributed by atoms with van der Waals surface area (Å²) < 4.78 is 0. The molecule has 0 aromatic carbocycles. The normalized spacial score (nSPS) is 9.30. The van der Waals surface area contributed by atoms with E-state index in [-0.39, 0.29) is 11.9 Å². The summed E-state index contributed by atoms with van der Waals surface area (Å²) in [5.41, 5.74) is 5.17. The Bertz CT molecular complexity index is 240. The van der Waals surface area contributed by atoms with Crippen LogP contribution in [-0.2, 0) is 0 Å². The van der Waals surface area contributed by atoms with E-state index in [1.54, 1.807) is 6.92 Å². The first-order valence-electron chi connectivity index (χ1n) is 2.54. The van der Waals surface area contributed by atoms with Crippen LogP contribution in [0.1, 0.15) is 5.82 Å². The van der Waals surface area contributed by atoms with Crippen LogP contribution in [0.15, 0.2) is 5.18 Å². The molecule has 0 saturated heterocycles. The monoisotopic (exact) mass is 139 g/mol. The predicted octanol–water partition coefficient (Wildman–Crippen LogP) is 0.160. The van der Waals surface area contributed by atoms with Gasteiger partial charge >= 0.3 is 0 Å². The van der Waals surface area contributed by atoms with E-state index < -0.39 is 0 Å². The second-order valence-electron chi connectivity index (χ2n) is 1.63. The van der Waals surface area contributed by atoms with E-state index in [1.165, 1.54) is 0 Å². The molecule has 6 nitrogen and oxygen atoms in total. The number of rotatable bonds is 1. The van der Waals surface area contributed by atoms with Gasteiger partial charge in [0, 0.05) is 5.18 Å². The van der Waals surface area contributed by atoms with Gasteiger partial charge in [0.2, 0.25) is 5.95 Å². The maximum Gasteiger partial charge on any atom is 0.296 e. The van der Waals surface area contributed by atoms with Gasteiger partial charge in [-0.05, 0) is 6.92 Å². The van der Waals surface area contributed by atoms with Gasteiger partial charge in [0.25, 0.3) is 5.95 Å². The minimum atomic E-state index is -0.176. The molecule has 1 aromatic heterocycles. The SMILES string of the molecule is Cc1nc(N)nc(N=O)n1. The van der Waals surface area contributed by atoms with Crippen LogP contribution in [-0.4, -0.2) is 15.0 Å². The van der Waals surface area contributed by atoms with Crippen molar-refractivity contribution in [3.63, 3.8) is 0 Å². The van der Waals surface area contributed by atoms with E-state index in [2.05, 4.69) is 20.1 Å². The minimum absolute atomic E-state index is 0.0158. The van der Waals surface area contributed by atoms with Crippen LogP contribution in [0.4, 0.5) is 11.9 Å². The molecule has 1 rings (SSSR count). The molecule has 0 aliphatic heterocycles. The summed E-state index contributed by atoms with van der Waals surface area (Å²) in [6.45, 7) is 1.60. The van der Waals surface area contributed by atoms with Crippen LogP contribution in [0.25, 0.3) is 0 Å². The summed E-state index contributed by atoms with van der Waals surface area (Å²) in [7, 11) is 0.